The standard InChI is InChI=1S/C11H12F3NO4/c1-3-18-9(16)6-5-15-8(10(17)19-4-2)7(6)11(12,13)14/h5,15H,3-4H2,1-2H3. The van der Waals surface area contributed by atoms with Crippen LogP contribution in [-0.4, -0.2) is 30.1 Å². The maximum atomic E-state index is 12.9. The van der Waals surface area contributed by atoms with Crippen molar-refractivity contribution in [3.63, 3.8) is 0 Å². The fourth-order valence-electron chi connectivity index (χ4n) is 1.45. The van der Waals surface area contributed by atoms with Gasteiger partial charge in [0.1, 0.15) is 11.3 Å². The molecule has 0 saturated heterocycles. The van der Waals surface area contributed by atoms with Crippen LogP contribution in [0.1, 0.15) is 40.3 Å². The van der Waals surface area contributed by atoms with E-state index in [9.17, 15) is 22.8 Å². The van der Waals surface area contributed by atoms with Gasteiger partial charge < -0.3 is 14.5 Å². The highest BCUT2D eigenvalue weighted by Crippen LogP contribution is 2.35. The van der Waals surface area contributed by atoms with E-state index in [1.807, 2.05) is 0 Å². The van der Waals surface area contributed by atoms with Gasteiger partial charge in [0.2, 0.25) is 0 Å². The first kappa shape index (κ1) is 15.1. The van der Waals surface area contributed by atoms with E-state index in [-0.39, 0.29) is 13.2 Å². The van der Waals surface area contributed by atoms with Crippen LogP contribution in [0, 0.1) is 0 Å². The molecule has 1 aromatic rings. The highest BCUT2D eigenvalue weighted by Gasteiger charge is 2.42. The molecule has 0 atom stereocenters. The van der Waals surface area contributed by atoms with E-state index in [2.05, 4.69) is 14.5 Å². The average Bonchev–Trinajstić information content (AvgIpc) is 2.73. The van der Waals surface area contributed by atoms with E-state index in [0.717, 1.165) is 6.20 Å². The number of aromatic nitrogens is 1. The molecular weight excluding hydrogens is 267 g/mol. The van der Waals surface area contributed by atoms with E-state index < -0.39 is 34.9 Å². The number of aromatic amines is 1. The highest BCUT2D eigenvalue weighted by atomic mass is 19.4. The molecular formula is C11H12F3NO4. The first-order valence-corrected chi connectivity index (χ1v) is 5.45. The van der Waals surface area contributed by atoms with E-state index in [1.165, 1.54) is 13.8 Å². The lowest BCUT2D eigenvalue weighted by molar-refractivity contribution is -0.138. The van der Waals surface area contributed by atoms with Gasteiger partial charge in [-0.3, -0.25) is 0 Å². The fraction of sp³-hybridized carbons (Fsp3) is 0.455. The number of alkyl halides is 3. The Balaban J connectivity index is 3.28. The normalized spacial score (nSPS) is 11.2. The third-order valence-corrected chi connectivity index (χ3v) is 2.14. The average molecular weight is 279 g/mol. The topological polar surface area (TPSA) is 68.4 Å². The Morgan fingerprint density at radius 1 is 1.16 bits per heavy atom. The summed E-state index contributed by atoms with van der Waals surface area (Å²) in [5, 5.41) is 0. The lowest BCUT2D eigenvalue weighted by atomic mass is 10.1. The molecule has 19 heavy (non-hydrogen) atoms. The summed E-state index contributed by atoms with van der Waals surface area (Å²) in [6.07, 6.45) is -4.09. The summed E-state index contributed by atoms with van der Waals surface area (Å²) in [4.78, 5) is 24.9. The first-order valence-electron chi connectivity index (χ1n) is 5.45. The van der Waals surface area contributed by atoms with Crippen molar-refractivity contribution < 1.29 is 32.2 Å². The molecule has 0 bridgehead atoms. The van der Waals surface area contributed by atoms with Crippen LogP contribution in [0.15, 0.2) is 6.20 Å². The SMILES string of the molecule is CCOC(=O)c1c[nH]c(C(=O)OCC)c1C(F)(F)F. The summed E-state index contributed by atoms with van der Waals surface area (Å²) < 4.78 is 47.7. The van der Waals surface area contributed by atoms with Crippen LogP contribution in [-0.2, 0) is 15.7 Å². The van der Waals surface area contributed by atoms with E-state index in [4.69, 9.17) is 0 Å². The van der Waals surface area contributed by atoms with Crippen LogP contribution in [0.5, 0.6) is 0 Å². The largest absolute Gasteiger partial charge is 0.462 e. The molecule has 1 N–H and O–H groups in total. The Labute approximate surface area is 106 Å². The molecule has 8 heteroatoms. The van der Waals surface area contributed by atoms with Gasteiger partial charge in [0.15, 0.2) is 0 Å². The molecule has 0 aliphatic heterocycles. The van der Waals surface area contributed by atoms with Crippen molar-refractivity contribution in [3.8, 4) is 0 Å². The minimum absolute atomic E-state index is 0.0734. The Kier molecular flexibility index (Phi) is 4.57. The van der Waals surface area contributed by atoms with Crippen LogP contribution in [0.4, 0.5) is 13.2 Å². The molecule has 0 fully saturated rings. The van der Waals surface area contributed by atoms with E-state index in [0.29, 0.717) is 0 Å². The Morgan fingerprint density at radius 2 is 1.68 bits per heavy atom. The van der Waals surface area contributed by atoms with Crippen molar-refractivity contribution in [3.05, 3.63) is 23.0 Å². The van der Waals surface area contributed by atoms with Gasteiger partial charge in [0, 0.05) is 6.20 Å². The number of esters is 2. The van der Waals surface area contributed by atoms with E-state index >= 15 is 0 Å². The van der Waals surface area contributed by atoms with Crippen molar-refractivity contribution >= 4 is 11.9 Å². The monoisotopic (exact) mass is 279 g/mol. The van der Waals surface area contributed by atoms with Gasteiger partial charge in [-0.1, -0.05) is 0 Å². The number of H-pyrrole nitrogens is 1. The minimum atomic E-state index is -4.87. The predicted molar refractivity (Wildman–Crippen MR) is 57.7 cm³/mol. The van der Waals surface area contributed by atoms with Gasteiger partial charge in [0.05, 0.1) is 18.8 Å². The molecule has 0 aliphatic carbocycles. The molecule has 0 saturated carbocycles. The number of hydrogen-bond acceptors (Lipinski definition) is 4. The van der Waals surface area contributed by atoms with Crippen LogP contribution < -0.4 is 0 Å². The molecule has 0 unspecified atom stereocenters. The smallest absolute Gasteiger partial charge is 0.419 e. The molecule has 0 aliphatic rings. The summed E-state index contributed by atoms with van der Waals surface area (Å²) in [5.41, 5.74) is -2.92. The number of rotatable bonds is 4. The lowest BCUT2D eigenvalue weighted by Gasteiger charge is -2.10. The first-order chi connectivity index (χ1) is 8.82. The summed E-state index contributed by atoms with van der Waals surface area (Å²) in [5.74, 6) is -2.33. The number of ether oxygens (including phenoxy) is 2. The quantitative estimate of drug-likeness (QED) is 0.859. The summed E-state index contributed by atoms with van der Waals surface area (Å²) >= 11 is 0. The number of carbonyl (C=O) groups excluding carboxylic acids is 2. The maximum Gasteiger partial charge on any atom is 0.419 e. The van der Waals surface area contributed by atoms with Crippen molar-refractivity contribution in [1.29, 1.82) is 0 Å². The fourth-order valence-corrected chi connectivity index (χ4v) is 1.45. The van der Waals surface area contributed by atoms with Gasteiger partial charge >= 0.3 is 18.1 Å². The van der Waals surface area contributed by atoms with Gasteiger partial charge in [-0.25, -0.2) is 9.59 Å². The molecule has 0 spiro atoms. The second-order valence-electron chi connectivity index (χ2n) is 3.39. The molecule has 1 aromatic heterocycles. The molecule has 0 radical (unpaired) electrons. The van der Waals surface area contributed by atoms with Gasteiger partial charge in [-0.15, -0.1) is 0 Å². The van der Waals surface area contributed by atoms with Gasteiger partial charge in [-0.2, -0.15) is 13.2 Å². The Bertz CT molecular complexity index is 443. The number of nitrogens with one attached hydrogen (secondary N) is 1. The predicted octanol–water partition coefficient (Wildman–Crippen LogP) is 2.39. The van der Waals surface area contributed by atoms with Crippen LogP contribution in [0.3, 0.4) is 0 Å². The van der Waals surface area contributed by atoms with Gasteiger partial charge in [-0.05, 0) is 13.8 Å². The van der Waals surface area contributed by atoms with E-state index in [1.54, 1.807) is 0 Å². The Morgan fingerprint density at radius 3 is 2.16 bits per heavy atom. The third-order valence-electron chi connectivity index (χ3n) is 2.14. The molecule has 0 aromatic carbocycles. The maximum absolute atomic E-state index is 12.9. The zero-order chi connectivity index (χ0) is 14.6. The number of halogens is 3. The lowest BCUT2D eigenvalue weighted by Crippen LogP contribution is -2.18. The van der Waals surface area contributed by atoms with Crippen LogP contribution in [0.2, 0.25) is 0 Å². The summed E-state index contributed by atoms with van der Waals surface area (Å²) in [6.45, 7) is 2.77. The Hall–Kier alpha value is -1.99. The van der Waals surface area contributed by atoms with Crippen molar-refractivity contribution in [2.45, 2.75) is 20.0 Å². The van der Waals surface area contributed by atoms with Crippen molar-refractivity contribution in [2.24, 2.45) is 0 Å². The van der Waals surface area contributed by atoms with Gasteiger partial charge in [0.25, 0.3) is 0 Å². The molecule has 1 heterocycles. The molecule has 1 rings (SSSR count). The molecule has 0 amide bonds. The van der Waals surface area contributed by atoms with Crippen LogP contribution >= 0.6 is 0 Å². The summed E-state index contributed by atoms with van der Waals surface area (Å²) in [7, 11) is 0. The second kappa shape index (κ2) is 5.77. The van der Waals surface area contributed by atoms with Crippen LogP contribution in [0.25, 0.3) is 0 Å². The van der Waals surface area contributed by atoms with Crippen molar-refractivity contribution in [2.75, 3.05) is 13.2 Å². The molecule has 106 valence electrons. The number of hydrogen-bond donors (Lipinski definition) is 1. The zero-order valence-electron chi connectivity index (χ0n) is 10.3. The van der Waals surface area contributed by atoms with Crippen molar-refractivity contribution in [1.82, 2.24) is 4.98 Å². The molecule has 5 nitrogen and oxygen atoms in total. The third kappa shape index (κ3) is 3.27. The minimum Gasteiger partial charge on any atom is -0.462 e. The zero-order valence-corrected chi connectivity index (χ0v) is 10.3. The second-order valence-corrected chi connectivity index (χ2v) is 3.39. The number of carbonyl (C=O) groups is 2. The summed E-state index contributed by atoms with van der Waals surface area (Å²) in [6, 6.07) is 0. The highest BCUT2D eigenvalue weighted by molar-refractivity contribution is 5.97.